The molecule has 1 rings (SSSR count). The third kappa shape index (κ3) is 3.08. The van der Waals surface area contributed by atoms with Crippen molar-refractivity contribution in [3.05, 3.63) is 41.6 Å². The Labute approximate surface area is 85.0 Å². The third-order valence-electron chi connectivity index (χ3n) is 1.87. The van der Waals surface area contributed by atoms with Crippen LogP contribution in [-0.4, -0.2) is 27.8 Å². The maximum absolute atomic E-state index is 9.70. The lowest BCUT2D eigenvalue weighted by molar-refractivity contribution is 0.167. The van der Waals surface area contributed by atoms with E-state index in [4.69, 9.17) is 8.85 Å². The van der Waals surface area contributed by atoms with Crippen LogP contribution in [0.1, 0.15) is 5.56 Å². The van der Waals surface area contributed by atoms with E-state index in [0.29, 0.717) is 0 Å². The Hall–Kier alpha value is -0.943. The second-order valence-electron chi connectivity index (χ2n) is 2.78. The molecule has 0 aromatic heterocycles. The zero-order chi connectivity index (χ0) is 10.4. The maximum atomic E-state index is 9.70. The van der Waals surface area contributed by atoms with Crippen molar-refractivity contribution >= 4 is 14.9 Å². The van der Waals surface area contributed by atoms with E-state index in [2.05, 4.69) is 0 Å². The second kappa shape index (κ2) is 5.07. The molecular formula is C10H14O3Si. The van der Waals surface area contributed by atoms with Gasteiger partial charge in [-0.15, -0.1) is 0 Å². The van der Waals surface area contributed by atoms with Crippen LogP contribution in [0.15, 0.2) is 36.0 Å². The normalized spacial score (nSPS) is 12.2. The van der Waals surface area contributed by atoms with Gasteiger partial charge in [0, 0.05) is 14.2 Å². The predicted molar refractivity (Wildman–Crippen MR) is 57.5 cm³/mol. The molecule has 0 radical (unpaired) electrons. The summed E-state index contributed by atoms with van der Waals surface area (Å²) < 4.78 is 9.79. The first-order chi connectivity index (χ1) is 6.70. The first-order valence-corrected chi connectivity index (χ1v) is 6.11. The fourth-order valence-electron chi connectivity index (χ4n) is 0.985. The van der Waals surface area contributed by atoms with E-state index in [-0.39, 0.29) is 0 Å². The first kappa shape index (κ1) is 11.1. The maximum Gasteiger partial charge on any atom is 0.526 e. The van der Waals surface area contributed by atoms with Crippen LogP contribution in [0.4, 0.5) is 0 Å². The molecule has 76 valence electrons. The highest BCUT2D eigenvalue weighted by atomic mass is 28.4. The molecule has 0 bridgehead atoms. The van der Waals surface area contributed by atoms with Crippen molar-refractivity contribution in [1.29, 1.82) is 0 Å². The molecular weight excluding hydrogens is 196 g/mol. The molecule has 0 saturated heterocycles. The molecule has 0 saturated carbocycles. The van der Waals surface area contributed by atoms with Crippen LogP contribution in [0.2, 0.25) is 0 Å². The lowest BCUT2D eigenvalue weighted by atomic mass is 10.2. The number of benzene rings is 1. The molecule has 14 heavy (non-hydrogen) atoms. The van der Waals surface area contributed by atoms with Crippen LogP contribution in [0.3, 0.4) is 0 Å². The van der Waals surface area contributed by atoms with Crippen LogP contribution in [-0.2, 0) is 8.85 Å². The minimum atomic E-state index is -3.06. The van der Waals surface area contributed by atoms with Gasteiger partial charge >= 0.3 is 8.80 Å². The Balaban J connectivity index is 2.72. The number of hydrogen-bond donors (Lipinski definition) is 1. The summed E-state index contributed by atoms with van der Waals surface area (Å²) >= 11 is 0. The van der Waals surface area contributed by atoms with Gasteiger partial charge in [-0.2, -0.15) is 0 Å². The van der Waals surface area contributed by atoms with E-state index in [9.17, 15) is 4.80 Å². The highest BCUT2D eigenvalue weighted by Crippen LogP contribution is 2.07. The molecule has 0 aliphatic carbocycles. The highest BCUT2D eigenvalue weighted by Gasteiger charge is 2.30. The average molecular weight is 210 g/mol. The second-order valence-corrected chi connectivity index (χ2v) is 5.19. The van der Waals surface area contributed by atoms with Crippen LogP contribution in [0.25, 0.3) is 6.08 Å². The summed E-state index contributed by atoms with van der Waals surface area (Å²) in [5.74, 6) is 0. The summed E-state index contributed by atoms with van der Waals surface area (Å²) in [4.78, 5) is 9.70. The summed E-state index contributed by atoms with van der Waals surface area (Å²) in [6.07, 6.45) is 1.79. The summed E-state index contributed by atoms with van der Waals surface area (Å²) in [6.45, 7) is 0. The van der Waals surface area contributed by atoms with Crippen LogP contribution in [0, 0.1) is 0 Å². The largest absolute Gasteiger partial charge is 0.526 e. The van der Waals surface area contributed by atoms with Crippen molar-refractivity contribution in [2.45, 2.75) is 0 Å². The van der Waals surface area contributed by atoms with E-state index in [0.717, 1.165) is 5.56 Å². The average Bonchev–Trinajstić information content (AvgIpc) is 2.27. The molecule has 4 heteroatoms. The fourth-order valence-corrected chi connectivity index (χ4v) is 1.83. The van der Waals surface area contributed by atoms with Crippen molar-refractivity contribution in [2.75, 3.05) is 14.2 Å². The molecule has 0 spiro atoms. The third-order valence-corrected chi connectivity index (χ3v) is 3.63. The Bertz CT molecular complexity index is 293. The van der Waals surface area contributed by atoms with E-state index in [1.807, 2.05) is 30.3 Å². The molecule has 0 aliphatic rings. The number of rotatable bonds is 4. The van der Waals surface area contributed by atoms with Crippen molar-refractivity contribution in [2.24, 2.45) is 0 Å². The summed E-state index contributed by atoms with van der Waals surface area (Å²) in [7, 11) is -0.190. The van der Waals surface area contributed by atoms with Crippen molar-refractivity contribution < 1.29 is 13.6 Å². The van der Waals surface area contributed by atoms with Crippen LogP contribution < -0.4 is 0 Å². The molecule has 3 nitrogen and oxygen atoms in total. The van der Waals surface area contributed by atoms with Gasteiger partial charge in [0.05, 0.1) is 0 Å². The molecule has 0 atom stereocenters. The minimum Gasteiger partial charge on any atom is -0.387 e. The predicted octanol–water partition coefficient (Wildman–Crippen LogP) is 1.46. The lowest BCUT2D eigenvalue weighted by Crippen LogP contribution is -2.38. The molecule has 1 aromatic carbocycles. The molecule has 0 fully saturated rings. The van der Waals surface area contributed by atoms with Gasteiger partial charge in [-0.05, 0) is 11.3 Å². The molecule has 0 amide bonds. The standard InChI is InChI=1S/C10H14O3Si/c1-12-14(11,13-2)9-8-10-6-4-3-5-7-10/h3-9,11H,1-2H3. The summed E-state index contributed by atoms with van der Waals surface area (Å²) in [5, 5.41) is 0. The van der Waals surface area contributed by atoms with Crippen molar-refractivity contribution in [3.63, 3.8) is 0 Å². The lowest BCUT2D eigenvalue weighted by Gasteiger charge is -2.14. The molecule has 0 aliphatic heterocycles. The number of hydrogen-bond acceptors (Lipinski definition) is 3. The molecule has 1 aromatic rings. The smallest absolute Gasteiger partial charge is 0.387 e. The molecule has 1 N–H and O–H groups in total. The van der Waals surface area contributed by atoms with Gasteiger partial charge in [-0.25, -0.2) is 0 Å². The van der Waals surface area contributed by atoms with Gasteiger partial charge in [0.15, 0.2) is 0 Å². The van der Waals surface area contributed by atoms with E-state index in [1.165, 1.54) is 14.2 Å². The zero-order valence-electron chi connectivity index (χ0n) is 8.31. The van der Waals surface area contributed by atoms with Crippen LogP contribution >= 0.6 is 0 Å². The van der Waals surface area contributed by atoms with Crippen molar-refractivity contribution in [3.8, 4) is 0 Å². The molecule has 0 heterocycles. The van der Waals surface area contributed by atoms with Gasteiger partial charge in [0.25, 0.3) is 0 Å². The van der Waals surface area contributed by atoms with Gasteiger partial charge in [-0.1, -0.05) is 36.4 Å². The summed E-state index contributed by atoms with van der Waals surface area (Å²) in [6, 6.07) is 9.68. The van der Waals surface area contributed by atoms with E-state index in [1.54, 1.807) is 11.8 Å². The molecule has 0 unspecified atom stereocenters. The Kier molecular flexibility index (Phi) is 4.03. The van der Waals surface area contributed by atoms with Gasteiger partial charge in [-0.3, -0.25) is 0 Å². The Morgan fingerprint density at radius 2 is 1.71 bits per heavy atom. The minimum absolute atomic E-state index is 1.01. The highest BCUT2D eigenvalue weighted by molar-refractivity contribution is 6.65. The summed E-state index contributed by atoms with van der Waals surface area (Å²) in [5.41, 5.74) is 2.59. The fraction of sp³-hybridized carbons (Fsp3) is 0.200. The van der Waals surface area contributed by atoms with Gasteiger partial charge in [0.2, 0.25) is 0 Å². The Morgan fingerprint density at radius 1 is 1.14 bits per heavy atom. The monoisotopic (exact) mass is 210 g/mol. The first-order valence-electron chi connectivity index (χ1n) is 4.27. The van der Waals surface area contributed by atoms with Gasteiger partial charge < -0.3 is 13.6 Å². The topological polar surface area (TPSA) is 38.7 Å². The van der Waals surface area contributed by atoms with E-state index >= 15 is 0 Å². The SMILES string of the molecule is CO[Si](O)(C=Cc1ccccc1)OC. The zero-order valence-corrected chi connectivity index (χ0v) is 9.31. The quantitative estimate of drug-likeness (QED) is 0.765. The van der Waals surface area contributed by atoms with Crippen LogP contribution in [0.5, 0.6) is 0 Å². The van der Waals surface area contributed by atoms with Gasteiger partial charge in [0.1, 0.15) is 0 Å². The Morgan fingerprint density at radius 3 is 2.21 bits per heavy atom. The van der Waals surface area contributed by atoms with Crippen molar-refractivity contribution in [1.82, 2.24) is 0 Å². The van der Waals surface area contributed by atoms with E-state index < -0.39 is 8.80 Å².